The number of carbonyl (C=O) groups excluding carboxylic acids is 1. The van der Waals surface area contributed by atoms with Crippen LogP contribution in [0.4, 0.5) is 0 Å². The van der Waals surface area contributed by atoms with Gasteiger partial charge in [0, 0.05) is 23.8 Å². The Kier molecular flexibility index (Phi) is 6.36. The van der Waals surface area contributed by atoms with Crippen LogP contribution in [0.1, 0.15) is 17.3 Å². The Morgan fingerprint density at radius 1 is 1.23 bits per heavy atom. The fraction of sp³-hybridized carbons (Fsp3) is 0.250. The minimum atomic E-state index is -0.196. The molecule has 0 spiro atoms. The van der Waals surface area contributed by atoms with Crippen molar-refractivity contribution in [1.29, 1.82) is 0 Å². The third-order valence-electron chi connectivity index (χ3n) is 2.88. The molecule has 116 valence electrons. The molecule has 2 rings (SSSR count). The van der Waals surface area contributed by atoms with Crippen molar-refractivity contribution in [2.45, 2.75) is 6.92 Å². The molecule has 6 heteroatoms. The molecule has 0 unspecified atom stereocenters. The van der Waals surface area contributed by atoms with Crippen molar-refractivity contribution >= 4 is 21.8 Å². The minimum Gasteiger partial charge on any atom is -0.438 e. The fourth-order valence-corrected chi connectivity index (χ4v) is 2.06. The molecule has 0 aliphatic carbocycles. The minimum absolute atomic E-state index is 0.196. The molecule has 0 bridgehead atoms. The zero-order chi connectivity index (χ0) is 15.8. The van der Waals surface area contributed by atoms with Crippen LogP contribution in [-0.4, -0.2) is 30.5 Å². The van der Waals surface area contributed by atoms with E-state index in [-0.39, 0.29) is 5.91 Å². The third-order valence-corrected chi connectivity index (χ3v) is 3.41. The molecular weight excluding hydrogens is 346 g/mol. The zero-order valence-electron chi connectivity index (χ0n) is 12.3. The van der Waals surface area contributed by atoms with Crippen LogP contribution < -0.4 is 15.4 Å². The predicted octanol–water partition coefficient (Wildman–Crippen LogP) is 2.98. The standard InChI is InChI=1S/C16H18BrN3O2/c1-2-18-10-11-19-15(21)14-4-3-9-20-16(14)22-13-7-5-12(17)6-8-13/h3-9,18H,2,10-11H2,1H3,(H,19,21). The molecule has 22 heavy (non-hydrogen) atoms. The van der Waals surface area contributed by atoms with Crippen LogP contribution in [0.25, 0.3) is 0 Å². The maximum absolute atomic E-state index is 12.2. The fourth-order valence-electron chi connectivity index (χ4n) is 1.80. The Bertz CT molecular complexity index is 617. The number of rotatable bonds is 7. The lowest BCUT2D eigenvalue weighted by Crippen LogP contribution is -2.32. The molecule has 1 heterocycles. The van der Waals surface area contributed by atoms with Gasteiger partial charge in [0.15, 0.2) is 0 Å². The van der Waals surface area contributed by atoms with Crippen LogP contribution in [0.3, 0.4) is 0 Å². The lowest BCUT2D eigenvalue weighted by Gasteiger charge is -2.10. The number of hydrogen-bond acceptors (Lipinski definition) is 4. The summed E-state index contributed by atoms with van der Waals surface area (Å²) in [6.45, 7) is 4.18. The summed E-state index contributed by atoms with van der Waals surface area (Å²) in [5, 5.41) is 5.99. The van der Waals surface area contributed by atoms with Crippen molar-refractivity contribution in [2.24, 2.45) is 0 Å². The monoisotopic (exact) mass is 363 g/mol. The van der Waals surface area contributed by atoms with E-state index >= 15 is 0 Å². The van der Waals surface area contributed by atoms with Gasteiger partial charge in [0.25, 0.3) is 5.91 Å². The van der Waals surface area contributed by atoms with Crippen LogP contribution >= 0.6 is 15.9 Å². The van der Waals surface area contributed by atoms with Crippen molar-refractivity contribution in [3.05, 3.63) is 52.6 Å². The van der Waals surface area contributed by atoms with Gasteiger partial charge in [-0.05, 0) is 42.9 Å². The maximum Gasteiger partial charge on any atom is 0.256 e. The first-order valence-electron chi connectivity index (χ1n) is 7.08. The molecular formula is C16H18BrN3O2. The van der Waals surface area contributed by atoms with E-state index in [1.165, 1.54) is 0 Å². The highest BCUT2D eigenvalue weighted by Gasteiger charge is 2.13. The normalized spacial score (nSPS) is 10.3. The first-order valence-corrected chi connectivity index (χ1v) is 7.87. The largest absolute Gasteiger partial charge is 0.438 e. The van der Waals surface area contributed by atoms with Gasteiger partial charge in [0.2, 0.25) is 5.88 Å². The van der Waals surface area contributed by atoms with Gasteiger partial charge in [-0.25, -0.2) is 4.98 Å². The maximum atomic E-state index is 12.2. The predicted molar refractivity (Wildman–Crippen MR) is 89.3 cm³/mol. The molecule has 0 fully saturated rings. The van der Waals surface area contributed by atoms with Crippen LogP contribution in [-0.2, 0) is 0 Å². The second-order valence-corrected chi connectivity index (χ2v) is 5.44. The molecule has 0 aliphatic rings. The van der Waals surface area contributed by atoms with E-state index in [9.17, 15) is 4.79 Å². The average molecular weight is 364 g/mol. The molecule has 0 saturated heterocycles. The number of halogens is 1. The SMILES string of the molecule is CCNCCNC(=O)c1cccnc1Oc1ccc(Br)cc1. The number of nitrogens with zero attached hydrogens (tertiary/aromatic N) is 1. The molecule has 0 saturated carbocycles. The number of ether oxygens (including phenoxy) is 1. The van der Waals surface area contributed by atoms with Crippen LogP contribution in [0.5, 0.6) is 11.6 Å². The Morgan fingerprint density at radius 3 is 2.73 bits per heavy atom. The smallest absolute Gasteiger partial charge is 0.256 e. The van der Waals surface area contributed by atoms with Crippen LogP contribution in [0, 0.1) is 0 Å². The van der Waals surface area contributed by atoms with Gasteiger partial charge in [-0.3, -0.25) is 4.79 Å². The van der Waals surface area contributed by atoms with Gasteiger partial charge in [-0.15, -0.1) is 0 Å². The molecule has 2 aromatic rings. The van der Waals surface area contributed by atoms with E-state index in [1.807, 2.05) is 31.2 Å². The Labute approximate surface area is 138 Å². The summed E-state index contributed by atoms with van der Waals surface area (Å²) < 4.78 is 6.67. The highest BCUT2D eigenvalue weighted by atomic mass is 79.9. The second kappa shape index (κ2) is 8.51. The van der Waals surface area contributed by atoms with Gasteiger partial charge in [-0.2, -0.15) is 0 Å². The van der Waals surface area contributed by atoms with Crippen molar-refractivity contribution < 1.29 is 9.53 Å². The van der Waals surface area contributed by atoms with Crippen molar-refractivity contribution in [3.8, 4) is 11.6 Å². The summed E-state index contributed by atoms with van der Waals surface area (Å²) in [4.78, 5) is 16.4. The number of likely N-dealkylation sites (N-methyl/N-ethyl adjacent to an activating group) is 1. The number of benzene rings is 1. The first-order chi connectivity index (χ1) is 10.7. The van der Waals surface area contributed by atoms with E-state index < -0.39 is 0 Å². The third kappa shape index (κ3) is 4.82. The van der Waals surface area contributed by atoms with Gasteiger partial charge >= 0.3 is 0 Å². The van der Waals surface area contributed by atoms with Gasteiger partial charge in [0.05, 0.1) is 0 Å². The Hall–Kier alpha value is -1.92. The van der Waals surface area contributed by atoms with E-state index in [0.29, 0.717) is 23.7 Å². The molecule has 1 aromatic heterocycles. The van der Waals surface area contributed by atoms with E-state index in [4.69, 9.17) is 4.74 Å². The van der Waals surface area contributed by atoms with E-state index in [0.717, 1.165) is 17.6 Å². The van der Waals surface area contributed by atoms with E-state index in [1.54, 1.807) is 18.3 Å². The Balaban J connectivity index is 2.06. The van der Waals surface area contributed by atoms with E-state index in [2.05, 4.69) is 31.5 Å². The lowest BCUT2D eigenvalue weighted by atomic mass is 10.2. The first kappa shape index (κ1) is 16.5. The average Bonchev–Trinajstić information content (AvgIpc) is 2.54. The van der Waals surface area contributed by atoms with Crippen molar-refractivity contribution in [2.75, 3.05) is 19.6 Å². The lowest BCUT2D eigenvalue weighted by molar-refractivity contribution is 0.0951. The number of hydrogen-bond donors (Lipinski definition) is 2. The summed E-state index contributed by atoms with van der Waals surface area (Å²) in [5.74, 6) is 0.729. The van der Waals surface area contributed by atoms with Crippen molar-refractivity contribution in [3.63, 3.8) is 0 Å². The number of amides is 1. The van der Waals surface area contributed by atoms with Gasteiger partial charge < -0.3 is 15.4 Å². The van der Waals surface area contributed by atoms with Crippen LogP contribution in [0.2, 0.25) is 0 Å². The molecule has 0 aliphatic heterocycles. The molecule has 0 radical (unpaired) electrons. The molecule has 1 aromatic carbocycles. The second-order valence-electron chi connectivity index (χ2n) is 4.52. The molecule has 5 nitrogen and oxygen atoms in total. The Morgan fingerprint density at radius 2 is 2.00 bits per heavy atom. The highest BCUT2D eigenvalue weighted by molar-refractivity contribution is 9.10. The van der Waals surface area contributed by atoms with Gasteiger partial charge in [0.1, 0.15) is 11.3 Å². The molecule has 1 amide bonds. The molecule has 0 atom stereocenters. The number of carbonyl (C=O) groups is 1. The van der Waals surface area contributed by atoms with Gasteiger partial charge in [-0.1, -0.05) is 22.9 Å². The number of pyridine rings is 1. The summed E-state index contributed by atoms with van der Waals surface area (Å²) in [7, 11) is 0. The summed E-state index contributed by atoms with van der Waals surface area (Å²) in [5.41, 5.74) is 0.418. The summed E-state index contributed by atoms with van der Waals surface area (Å²) >= 11 is 3.37. The topological polar surface area (TPSA) is 63.2 Å². The quantitative estimate of drug-likeness (QED) is 0.742. The number of nitrogens with one attached hydrogen (secondary N) is 2. The number of aromatic nitrogens is 1. The molecule has 2 N–H and O–H groups in total. The highest BCUT2D eigenvalue weighted by Crippen LogP contribution is 2.24. The summed E-state index contributed by atoms with van der Waals surface area (Å²) in [6, 6.07) is 10.8. The van der Waals surface area contributed by atoms with Crippen molar-refractivity contribution in [1.82, 2.24) is 15.6 Å². The summed E-state index contributed by atoms with van der Waals surface area (Å²) in [6.07, 6.45) is 1.60. The van der Waals surface area contributed by atoms with Crippen LogP contribution in [0.15, 0.2) is 47.1 Å². The zero-order valence-corrected chi connectivity index (χ0v) is 13.9.